The molecule has 1 N–H and O–H groups in total. The lowest BCUT2D eigenvalue weighted by Crippen LogP contribution is -2.57. The Labute approximate surface area is 201 Å². The van der Waals surface area contributed by atoms with E-state index >= 15 is 0 Å². The summed E-state index contributed by atoms with van der Waals surface area (Å²) in [6.07, 6.45) is 10.4. The molecule has 8 heteroatoms. The standard InChI is InChI=1S/C25H37N3O4S/c1-23(2,3)28-15-10-12-25-18(17-20(30)26(5)13-9-11-24(17,4)33-25)21(31)27(19(25)22(28)32)14-7-6-8-16-29/h9-12,17-19,29H,6-8,13-16H2,1-5H3/t17-,18+,19?,24+,25+/m1/s1. The van der Waals surface area contributed by atoms with Crippen LogP contribution in [-0.4, -0.2) is 91.9 Å². The predicted molar refractivity (Wildman–Crippen MR) is 130 cm³/mol. The molecule has 5 atom stereocenters. The van der Waals surface area contributed by atoms with Gasteiger partial charge in [0.15, 0.2) is 0 Å². The van der Waals surface area contributed by atoms with Crippen LogP contribution in [-0.2, 0) is 14.4 Å². The summed E-state index contributed by atoms with van der Waals surface area (Å²) in [5.41, 5.74) is -0.385. The minimum absolute atomic E-state index is 0.0242. The predicted octanol–water partition coefficient (Wildman–Crippen LogP) is 2.06. The highest BCUT2D eigenvalue weighted by Gasteiger charge is 2.73. The summed E-state index contributed by atoms with van der Waals surface area (Å²) in [7, 11) is 1.78. The highest BCUT2D eigenvalue weighted by Crippen LogP contribution is 2.65. The molecule has 1 unspecified atom stereocenters. The quantitative estimate of drug-likeness (QED) is 0.486. The van der Waals surface area contributed by atoms with Gasteiger partial charge in [0.1, 0.15) is 6.04 Å². The van der Waals surface area contributed by atoms with Crippen molar-refractivity contribution in [2.24, 2.45) is 11.8 Å². The van der Waals surface area contributed by atoms with Gasteiger partial charge in [-0.2, -0.15) is 0 Å². The molecule has 2 fully saturated rings. The van der Waals surface area contributed by atoms with Crippen LogP contribution in [0.4, 0.5) is 0 Å². The number of likely N-dealkylation sites (tertiary alicyclic amines) is 1. The molecular formula is C25H37N3O4S. The largest absolute Gasteiger partial charge is 0.396 e. The molecule has 4 aliphatic heterocycles. The molecule has 0 radical (unpaired) electrons. The van der Waals surface area contributed by atoms with Gasteiger partial charge in [-0.3, -0.25) is 14.4 Å². The number of unbranched alkanes of at least 4 members (excludes halogenated alkanes) is 2. The topological polar surface area (TPSA) is 81.2 Å². The molecule has 4 aliphatic rings. The van der Waals surface area contributed by atoms with Gasteiger partial charge >= 0.3 is 0 Å². The number of thioether (sulfide) groups is 1. The maximum atomic E-state index is 14.1. The monoisotopic (exact) mass is 475 g/mol. The third-order valence-corrected chi connectivity index (χ3v) is 9.42. The second-order valence-electron chi connectivity index (χ2n) is 11.0. The second-order valence-corrected chi connectivity index (χ2v) is 12.7. The molecule has 4 heterocycles. The Balaban J connectivity index is 1.82. The third kappa shape index (κ3) is 3.73. The fourth-order valence-corrected chi connectivity index (χ4v) is 8.22. The Bertz CT molecular complexity index is 897. The maximum absolute atomic E-state index is 14.1. The highest BCUT2D eigenvalue weighted by atomic mass is 32.2. The molecule has 2 saturated heterocycles. The number of aliphatic hydroxyl groups excluding tert-OH is 1. The molecule has 0 bridgehead atoms. The van der Waals surface area contributed by atoms with Crippen LogP contribution >= 0.6 is 11.8 Å². The number of fused-ring (bicyclic) bond motifs is 2. The zero-order valence-corrected chi connectivity index (χ0v) is 21.2. The van der Waals surface area contributed by atoms with Gasteiger partial charge in [-0.1, -0.05) is 24.3 Å². The van der Waals surface area contributed by atoms with Gasteiger partial charge in [0.05, 0.1) is 16.6 Å². The zero-order chi connectivity index (χ0) is 24.2. The lowest BCUT2D eigenvalue weighted by molar-refractivity contribution is -0.146. The van der Waals surface area contributed by atoms with Crippen LogP contribution in [0.3, 0.4) is 0 Å². The fraction of sp³-hybridized carbons (Fsp3) is 0.720. The first-order valence-electron chi connectivity index (χ1n) is 12.0. The minimum Gasteiger partial charge on any atom is -0.396 e. The number of carbonyl (C=O) groups is 3. The lowest BCUT2D eigenvalue weighted by Gasteiger charge is -2.41. The summed E-state index contributed by atoms with van der Waals surface area (Å²) >= 11 is 1.63. The van der Waals surface area contributed by atoms with Crippen LogP contribution in [0, 0.1) is 11.8 Å². The van der Waals surface area contributed by atoms with E-state index in [4.69, 9.17) is 5.11 Å². The third-order valence-electron chi connectivity index (χ3n) is 7.63. The van der Waals surface area contributed by atoms with E-state index in [-0.39, 0.29) is 29.9 Å². The molecule has 0 saturated carbocycles. The highest BCUT2D eigenvalue weighted by molar-refractivity contribution is 8.02. The summed E-state index contributed by atoms with van der Waals surface area (Å²) < 4.78 is -1.33. The maximum Gasteiger partial charge on any atom is 0.247 e. The van der Waals surface area contributed by atoms with Crippen LogP contribution in [0.15, 0.2) is 24.3 Å². The van der Waals surface area contributed by atoms with E-state index in [9.17, 15) is 14.4 Å². The Hall–Kier alpha value is -1.80. The normalized spacial score (nSPS) is 36.1. The Morgan fingerprint density at radius 3 is 2.36 bits per heavy atom. The van der Waals surface area contributed by atoms with E-state index in [0.29, 0.717) is 26.1 Å². The molecular weight excluding hydrogens is 438 g/mol. The van der Waals surface area contributed by atoms with Crippen LogP contribution in [0.1, 0.15) is 47.0 Å². The summed E-state index contributed by atoms with van der Waals surface area (Å²) in [4.78, 5) is 47.0. The van der Waals surface area contributed by atoms with Crippen molar-refractivity contribution in [3.05, 3.63) is 24.3 Å². The van der Waals surface area contributed by atoms with Crippen molar-refractivity contribution in [1.82, 2.24) is 14.7 Å². The SMILES string of the molecule is CN1CC=C[C@]2(C)S[C@]34C=CCN(C(C)(C)C)C(=O)C3N(CCCCCO)C(=O)[C@@H]4[C@@H]2C1=O. The van der Waals surface area contributed by atoms with E-state index in [0.717, 1.165) is 12.8 Å². The molecule has 3 amide bonds. The number of hydrogen-bond donors (Lipinski definition) is 1. The number of hydrogen-bond acceptors (Lipinski definition) is 5. The molecule has 33 heavy (non-hydrogen) atoms. The van der Waals surface area contributed by atoms with Gasteiger partial charge in [0.25, 0.3) is 0 Å². The van der Waals surface area contributed by atoms with Crippen molar-refractivity contribution in [2.75, 3.05) is 33.3 Å². The van der Waals surface area contributed by atoms with Crippen LogP contribution in [0.5, 0.6) is 0 Å². The van der Waals surface area contributed by atoms with Crippen molar-refractivity contribution in [3.8, 4) is 0 Å². The summed E-state index contributed by atoms with van der Waals surface area (Å²) in [5.74, 6) is -1.24. The number of aliphatic hydroxyl groups is 1. The number of nitrogens with zero attached hydrogens (tertiary/aromatic N) is 3. The average Bonchev–Trinajstić information content (AvgIpc) is 2.99. The Kier molecular flexibility index (Phi) is 6.23. The van der Waals surface area contributed by atoms with E-state index < -0.39 is 27.4 Å². The van der Waals surface area contributed by atoms with Crippen molar-refractivity contribution in [2.45, 2.75) is 68.0 Å². The van der Waals surface area contributed by atoms with Gasteiger partial charge < -0.3 is 19.8 Å². The first-order valence-corrected chi connectivity index (χ1v) is 12.8. The van der Waals surface area contributed by atoms with Gasteiger partial charge in [-0.25, -0.2) is 0 Å². The first kappa shape index (κ1) is 24.3. The van der Waals surface area contributed by atoms with Crippen LogP contribution in [0.2, 0.25) is 0 Å². The average molecular weight is 476 g/mol. The van der Waals surface area contributed by atoms with Gasteiger partial charge in [-0.05, 0) is 47.0 Å². The summed E-state index contributed by atoms with van der Waals surface area (Å²) in [6.45, 7) is 9.70. The van der Waals surface area contributed by atoms with E-state index in [1.807, 2.05) is 44.7 Å². The van der Waals surface area contributed by atoms with Crippen LogP contribution < -0.4 is 0 Å². The molecule has 182 valence electrons. The van der Waals surface area contributed by atoms with Gasteiger partial charge in [-0.15, -0.1) is 11.8 Å². The Morgan fingerprint density at radius 1 is 1.00 bits per heavy atom. The molecule has 0 aromatic carbocycles. The second kappa shape index (κ2) is 8.45. The van der Waals surface area contributed by atoms with Crippen molar-refractivity contribution in [3.63, 3.8) is 0 Å². The van der Waals surface area contributed by atoms with Gasteiger partial charge in [0, 0.05) is 43.6 Å². The van der Waals surface area contributed by atoms with Crippen molar-refractivity contribution in [1.29, 1.82) is 0 Å². The van der Waals surface area contributed by atoms with Gasteiger partial charge in [0.2, 0.25) is 17.7 Å². The van der Waals surface area contributed by atoms with E-state index in [1.165, 1.54) is 0 Å². The number of carbonyl (C=O) groups excluding carboxylic acids is 3. The lowest BCUT2D eigenvalue weighted by atomic mass is 9.74. The molecule has 4 rings (SSSR count). The molecule has 1 spiro atoms. The molecule has 0 aromatic rings. The molecule has 7 nitrogen and oxygen atoms in total. The molecule has 0 aromatic heterocycles. The molecule has 0 aliphatic carbocycles. The van der Waals surface area contributed by atoms with Crippen molar-refractivity contribution >= 4 is 29.5 Å². The van der Waals surface area contributed by atoms with E-state index in [1.54, 1.807) is 28.6 Å². The zero-order valence-electron chi connectivity index (χ0n) is 20.4. The van der Waals surface area contributed by atoms with Crippen LogP contribution in [0.25, 0.3) is 0 Å². The van der Waals surface area contributed by atoms with E-state index in [2.05, 4.69) is 12.2 Å². The summed E-state index contributed by atoms with van der Waals surface area (Å²) in [6, 6.07) is -0.637. The fourth-order valence-electron chi connectivity index (χ4n) is 6.06. The summed E-state index contributed by atoms with van der Waals surface area (Å²) in [5, 5.41) is 9.17. The smallest absolute Gasteiger partial charge is 0.247 e. The van der Waals surface area contributed by atoms with Crippen molar-refractivity contribution < 1.29 is 19.5 Å². The Morgan fingerprint density at radius 2 is 1.70 bits per heavy atom. The number of likely N-dealkylation sites (N-methyl/N-ethyl adjacent to an activating group) is 1. The minimum atomic E-state index is -0.775. The first-order chi connectivity index (χ1) is 15.5. The number of amides is 3. The number of rotatable bonds is 5.